The van der Waals surface area contributed by atoms with Gasteiger partial charge in [0.15, 0.2) is 0 Å². The molecular weight excluding hydrogens is 342 g/mol. The van der Waals surface area contributed by atoms with Crippen molar-refractivity contribution in [3.63, 3.8) is 0 Å². The largest absolute Gasteiger partial charge is 0.480 e. The summed E-state index contributed by atoms with van der Waals surface area (Å²) in [5, 5.41) is 16.0. The lowest BCUT2D eigenvalue weighted by Gasteiger charge is -2.10. The molecule has 1 aromatic carbocycles. The van der Waals surface area contributed by atoms with E-state index in [9.17, 15) is 14.4 Å². The lowest BCUT2D eigenvalue weighted by atomic mass is 10.3. The average molecular weight is 358 g/mol. The lowest BCUT2D eigenvalue weighted by Crippen LogP contribution is -2.40. The zero-order chi connectivity index (χ0) is 15.8. The molecule has 0 saturated heterocycles. The monoisotopic (exact) mass is 357 g/mol. The quantitative estimate of drug-likeness (QED) is 0.619. The Bertz CT molecular complexity index is 519. The summed E-state index contributed by atoms with van der Waals surface area (Å²) in [5.41, 5.74) is 0.625. The van der Waals surface area contributed by atoms with E-state index < -0.39 is 23.9 Å². The molecule has 1 aromatic rings. The summed E-state index contributed by atoms with van der Waals surface area (Å²) in [6.07, 6.45) is 0.00534. The minimum atomic E-state index is -1.11. The smallest absolute Gasteiger partial charge is 0.325 e. The molecule has 0 aliphatic heterocycles. The molecule has 0 aliphatic rings. The highest BCUT2D eigenvalue weighted by molar-refractivity contribution is 9.10. The molecule has 0 heterocycles. The topological polar surface area (TPSA) is 108 Å². The number of carboxylic acid groups (broad SMARTS) is 1. The highest BCUT2D eigenvalue weighted by atomic mass is 79.9. The summed E-state index contributed by atoms with van der Waals surface area (Å²) in [6, 6.07) is 5.65. The molecule has 1 atom stereocenters. The highest BCUT2D eigenvalue weighted by Crippen LogP contribution is 2.13. The Morgan fingerprint density at radius 3 is 2.43 bits per heavy atom. The molecule has 0 unspecified atom stereocenters. The van der Waals surface area contributed by atoms with E-state index in [1.807, 2.05) is 0 Å². The van der Waals surface area contributed by atoms with Gasteiger partial charge in [0.2, 0.25) is 5.91 Å². The Morgan fingerprint density at radius 1 is 1.24 bits per heavy atom. The number of hydrogen-bond acceptors (Lipinski definition) is 3. The van der Waals surface area contributed by atoms with Crippen molar-refractivity contribution in [1.29, 1.82) is 0 Å². The third kappa shape index (κ3) is 6.75. The van der Waals surface area contributed by atoms with Crippen LogP contribution in [0, 0.1) is 0 Å². The highest BCUT2D eigenvalue weighted by Gasteiger charge is 2.13. The van der Waals surface area contributed by atoms with E-state index in [1.54, 1.807) is 24.3 Å². The van der Waals surface area contributed by atoms with E-state index in [0.29, 0.717) is 5.69 Å². The van der Waals surface area contributed by atoms with Crippen LogP contribution >= 0.6 is 15.9 Å². The van der Waals surface area contributed by atoms with E-state index >= 15 is 0 Å². The number of amides is 3. The number of carbonyl (C=O) groups excluding carboxylic acids is 2. The van der Waals surface area contributed by atoms with Crippen LogP contribution in [-0.2, 0) is 9.59 Å². The second-order valence-electron chi connectivity index (χ2n) is 4.27. The maximum atomic E-state index is 11.5. The Morgan fingerprint density at radius 2 is 1.86 bits per heavy atom. The number of carboxylic acids is 1. The van der Waals surface area contributed by atoms with E-state index in [1.165, 1.54) is 6.92 Å². The summed E-state index contributed by atoms with van der Waals surface area (Å²) >= 11 is 3.28. The molecule has 1 rings (SSSR count). The second kappa shape index (κ2) is 8.25. The average Bonchev–Trinajstić information content (AvgIpc) is 2.41. The van der Waals surface area contributed by atoms with Gasteiger partial charge in [-0.05, 0) is 31.2 Å². The maximum Gasteiger partial charge on any atom is 0.325 e. The third-order valence-corrected chi connectivity index (χ3v) is 3.02. The van der Waals surface area contributed by atoms with Gasteiger partial charge in [0.05, 0.1) is 0 Å². The molecule has 0 saturated carbocycles. The molecule has 114 valence electrons. The fraction of sp³-hybridized carbons (Fsp3) is 0.308. The zero-order valence-electron chi connectivity index (χ0n) is 11.4. The van der Waals surface area contributed by atoms with Crippen LogP contribution in [0.2, 0.25) is 0 Å². The molecule has 0 bridgehead atoms. The van der Waals surface area contributed by atoms with Crippen LogP contribution in [0.15, 0.2) is 28.7 Å². The normalized spacial score (nSPS) is 11.3. The van der Waals surface area contributed by atoms with Gasteiger partial charge in [0.25, 0.3) is 0 Å². The molecule has 0 fully saturated rings. The molecule has 4 N–H and O–H groups in total. The van der Waals surface area contributed by atoms with Gasteiger partial charge in [-0.3, -0.25) is 9.59 Å². The van der Waals surface area contributed by atoms with Crippen LogP contribution < -0.4 is 16.0 Å². The van der Waals surface area contributed by atoms with Crippen LogP contribution in [0.4, 0.5) is 10.5 Å². The molecule has 7 nitrogen and oxygen atoms in total. The number of hydrogen-bond donors (Lipinski definition) is 4. The fourth-order valence-electron chi connectivity index (χ4n) is 1.37. The molecule has 0 radical (unpaired) electrons. The Labute approximate surface area is 130 Å². The summed E-state index contributed by atoms with van der Waals surface area (Å²) in [4.78, 5) is 33.5. The van der Waals surface area contributed by atoms with Crippen molar-refractivity contribution in [2.75, 3.05) is 11.9 Å². The van der Waals surface area contributed by atoms with E-state index in [4.69, 9.17) is 5.11 Å². The van der Waals surface area contributed by atoms with Gasteiger partial charge >= 0.3 is 12.0 Å². The first-order valence-electron chi connectivity index (χ1n) is 6.21. The Kier molecular flexibility index (Phi) is 6.67. The minimum absolute atomic E-state index is 0.00534. The van der Waals surface area contributed by atoms with Gasteiger partial charge in [-0.15, -0.1) is 0 Å². The lowest BCUT2D eigenvalue weighted by molar-refractivity contribution is -0.141. The van der Waals surface area contributed by atoms with Crippen LogP contribution in [0.25, 0.3) is 0 Å². The van der Waals surface area contributed by atoms with Gasteiger partial charge in [0.1, 0.15) is 6.04 Å². The van der Waals surface area contributed by atoms with Crippen molar-refractivity contribution in [3.8, 4) is 0 Å². The van der Waals surface area contributed by atoms with E-state index in [0.717, 1.165) is 4.47 Å². The SMILES string of the molecule is C[C@@H](NC(=O)CCNC(=O)Nc1ccc(Br)cc1)C(=O)O. The number of halogens is 1. The van der Waals surface area contributed by atoms with Gasteiger partial charge < -0.3 is 21.1 Å². The van der Waals surface area contributed by atoms with Crippen LogP contribution in [0.5, 0.6) is 0 Å². The van der Waals surface area contributed by atoms with Gasteiger partial charge in [-0.25, -0.2) is 4.79 Å². The van der Waals surface area contributed by atoms with Crippen molar-refractivity contribution in [2.24, 2.45) is 0 Å². The molecule has 3 amide bonds. The first kappa shape index (κ1) is 17.0. The maximum absolute atomic E-state index is 11.5. The number of benzene rings is 1. The zero-order valence-corrected chi connectivity index (χ0v) is 12.9. The van der Waals surface area contributed by atoms with Crippen molar-refractivity contribution >= 4 is 39.5 Å². The predicted molar refractivity (Wildman–Crippen MR) is 81.0 cm³/mol. The number of aliphatic carboxylic acids is 1. The van der Waals surface area contributed by atoms with Crippen molar-refractivity contribution in [3.05, 3.63) is 28.7 Å². The fourth-order valence-corrected chi connectivity index (χ4v) is 1.64. The standard InChI is InChI=1S/C13H16BrN3O4/c1-8(12(19)20)16-11(18)6-7-15-13(21)17-10-4-2-9(14)3-5-10/h2-5,8H,6-7H2,1H3,(H,16,18)(H,19,20)(H2,15,17,21)/t8-/m1/s1. The number of nitrogens with one attached hydrogen (secondary N) is 3. The first-order chi connectivity index (χ1) is 9.88. The molecule has 0 aromatic heterocycles. The van der Waals surface area contributed by atoms with Crippen molar-refractivity contribution < 1.29 is 19.5 Å². The molecular formula is C13H16BrN3O4. The molecule has 8 heteroatoms. The Hall–Kier alpha value is -2.09. The summed E-state index contributed by atoms with van der Waals surface area (Å²) in [5.74, 6) is -1.54. The van der Waals surface area contributed by atoms with Crippen LogP contribution in [-0.4, -0.2) is 35.6 Å². The van der Waals surface area contributed by atoms with Gasteiger partial charge in [-0.2, -0.15) is 0 Å². The number of rotatable bonds is 6. The number of urea groups is 1. The minimum Gasteiger partial charge on any atom is -0.480 e. The second-order valence-corrected chi connectivity index (χ2v) is 5.18. The molecule has 0 aliphatic carbocycles. The Balaban J connectivity index is 2.26. The summed E-state index contributed by atoms with van der Waals surface area (Å²) < 4.78 is 0.901. The number of anilines is 1. The van der Waals surface area contributed by atoms with Gasteiger partial charge in [0, 0.05) is 23.1 Å². The van der Waals surface area contributed by atoms with Crippen LogP contribution in [0.3, 0.4) is 0 Å². The first-order valence-corrected chi connectivity index (χ1v) is 7.00. The predicted octanol–water partition coefficient (Wildman–Crippen LogP) is 1.55. The summed E-state index contributed by atoms with van der Waals surface area (Å²) in [6.45, 7) is 1.48. The third-order valence-electron chi connectivity index (χ3n) is 2.49. The van der Waals surface area contributed by atoms with Crippen molar-refractivity contribution in [1.82, 2.24) is 10.6 Å². The van der Waals surface area contributed by atoms with Crippen molar-refractivity contribution in [2.45, 2.75) is 19.4 Å². The van der Waals surface area contributed by atoms with E-state index in [2.05, 4.69) is 31.9 Å². The number of carbonyl (C=O) groups is 3. The van der Waals surface area contributed by atoms with E-state index in [-0.39, 0.29) is 13.0 Å². The van der Waals surface area contributed by atoms with Gasteiger partial charge in [-0.1, -0.05) is 15.9 Å². The summed E-state index contributed by atoms with van der Waals surface area (Å²) in [7, 11) is 0. The molecule has 0 spiro atoms. The van der Waals surface area contributed by atoms with Crippen LogP contribution in [0.1, 0.15) is 13.3 Å². The molecule has 21 heavy (non-hydrogen) atoms.